The van der Waals surface area contributed by atoms with Gasteiger partial charge in [-0.25, -0.2) is 0 Å². The summed E-state index contributed by atoms with van der Waals surface area (Å²) in [5.41, 5.74) is 0.607. The van der Waals surface area contributed by atoms with Crippen LogP contribution in [-0.2, 0) is 11.3 Å². The fraction of sp³-hybridized carbons (Fsp3) is 0.529. The number of nitro benzene ring substituents is 1. The van der Waals surface area contributed by atoms with E-state index in [1.54, 1.807) is 12.1 Å². The van der Waals surface area contributed by atoms with E-state index < -0.39 is 4.92 Å². The molecule has 4 rings (SSSR count). The Bertz CT molecular complexity index is 753. The first-order valence-corrected chi connectivity index (χ1v) is 8.58. The molecular formula is C17H20N4O4. The van der Waals surface area contributed by atoms with Crippen LogP contribution in [0.4, 0.5) is 5.69 Å². The molecule has 8 nitrogen and oxygen atoms in total. The second-order valence-electron chi connectivity index (χ2n) is 6.71. The molecule has 2 heterocycles. The van der Waals surface area contributed by atoms with Crippen LogP contribution in [0, 0.1) is 16.0 Å². The molecule has 2 aliphatic rings. The highest BCUT2D eigenvalue weighted by Crippen LogP contribution is 2.30. The maximum Gasteiger partial charge on any atom is 0.270 e. The van der Waals surface area contributed by atoms with Crippen LogP contribution in [0.2, 0.25) is 0 Å². The molecule has 8 heteroatoms. The molecule has 1 saturated carbocycles. The molecule has 1 aliphatic carbocycles. The van der Waals surface area contributed by atoms with Crippen LogP contribution < -0.4 is 0 Å². The number of nitro groups is 1. The highest BCUT2D eigenvalue weighted by Gasteiger charge is 2.32. The molecule has 25 heavy (non-hydrogen) atoms. The fourth-order valence-corrected chi connectivity index (χ4v) is 3.21. The van der Waals surface area contributed by atoms with Crippen LogP contribution in [0.3, 0.4) is 0 Å². The summed E-state index contributed by atoms with van der Waals surface area (Å²) < 4.78 is 10.9. The first-order valence-electron chi connectivity index (χ1n) is 8.58. The zero-order valence-corrected chi connectivity index (χ0v) is 13.8. The average Bonchev–Trinajstić information content (AvgIpc) is 3.14. The quantitative estimate of drug-likeness (QED) is 0.563. The molecule has 2 aromatic rings. The summed E-state index contributed by atoms with van der Waals surface area (Å²) in [7, 11) is 0. The first-order chi connectivity index (χ1) is 12.2. The number of rotatable bonds is 7. The molecule has 1 saturated heterocycles. The van der Waals surface area contributed by atoms with Gasteiger partial charge in [0.1, 0.15) is 0 Å². The van der Waals surface area contributed by atoms with Crippen LogP contribution in [0.5, 0.6) is 0 Å². The van der Waals surface area contributed by atoms with Gasteiger partial charge < -0.3 is 9.26 Å². The Morgan fingerprint density at radius 3 is 2.92 bits per heavy atom. The molecule has 0 bridgehead atoms. The van der Waals surface area contributed by atoms with E-state index in [1.807, 2.05) is 0 Å². The van der Waals surface area contributed by atoms with E-state index in [9.17, 15) is 10.1 Å². The normalized spacial score (nSPS) is 20.3. The van der Waals surface area contributed by atoms with Gasteiger partial charge in [-0.05, 0) is 25.2 Å². The lowest BCUT2D eigenvalue weighted by atomic mass is 10.1. The molecular weight excluding hydrogens is 324 g/mol. The van der Waals surface area contributed by atoms with Gasteiger partial charge in [0.25, 0.3) is 5.69 Å². The Morgan fingerprint density at radius 1 is 1.32 bits per heavy atom. The second kappa shape index (κ2) is 6.89. The maximum absolute atomic E-state index is 10.9. The van der Waals surface area contributed by atoms with Gasteiger partial charge in [-0.3, -0.25) is 15.0 Å². The minimum Gasteiger partial charge on any atom is -0.381 e. The van der Waals surface area contributed by atoms with Gasteiger partial charge in [-0.1, -0.05) is 17.3 Å². The zero-order valence-electron chi connectivity index (χ0n) is 13.8. The first kappa shape index (κ1) is 16.2. The SMILES string of the molecule is O=[N+]([O-])c1cccc(-c2noc(CN(C[C@@H]3CCOC3)C3CC3)n2)c1. The summed E-state index contributed by atoms with van der Waals surface area (Å²) in [6.07, 6.45) is 3.52. The second-order valence-corrected chi connectivity index (χ2v) is 6.71. The van der Waals surface area contributed by atoms with Crippen molar-refractivity contribution in [2.24, 2.45) is 5.92 Å². The molecule has 0 N–H and O–H groups in total. The predicted molar refractivity (Wildman–Crippen MR) is 88.7 cm³/mol. The molecule has 132 valence electrons. The Hall–Kier alpha value is -2.32. The molecule has 1 atom stereocenters. The largest absolute Gasteiger partial charge is 0.381 e. The minimum absolute atomic E-state index is 0.0182. The third-order valence-electron chi connectivity index (χ3n) is 4.70. The summed E-state index contributed by atoms with van der Waals surface area (Å²) in [5.74, 6) is 1.51. The highest BCUT2D eigenvalue weighted by molar-refractivity contribution is 5.58. The van der Waals surface area contributed by atoms with Crippen molar-refractivity contribution in [1.29, 1.82) is 0 Å². The Balaban J connectivity index is 1.46. The molecule has 2 fully saturated rings. The van der Waals surface area contributed by atoms with Crippen LogP contribution in [0.25, 0.3) is 11.4 Å². The number of nitrogens with zero attached hydrogens (tertiary/aromatic N) is 4. The van der Waals surface area contributed by atoms with E-state index in [-0.39, 0.29) is 5.69 Å². The number of hydrogen-bond donors (Lipinski definition) is 0. The summed E-state index contributed by atoms with van der Waals surface area (Å²) in [6.45, 7) is 3.27. The van der Waals surface area contributed by atoms with Crippen LogP contribution >= 0.6 is 0 Å². The van der Waals surface area contributed by atoms with Crippen molar-refractivity contribution < 1.29 is 14.2 Å². The predicted octanol–water partition coefficient (Wildman–Crippen LogP) is 2.65. The summed E-state index contributed by atoms with van der Waals surface area (Å²) >= 11 is 0. The van der Waals surface area contributed by atoms with Gasteiger partial charge >= 0.3 is 0 Å². The zero-order chi connectivity index (χ0) is 17.2. The summed E-state index contributed by atoms with van der Waals surface area (Å²) in [4.78, 5) is 17.3. The van der Waals surface area contributed by atoms with E-state index in [4.69, 9.17) is 9.26 Å². The highest BCUT2D eigenvalue weighted by atomic mass is 16.6. The third kappa shape index (κ3) is 3.85. The van der Waals surface area contributed by atoms with Crippen molar-refractivity contribution in [1.82, 2.24) is 15.0 Å². The smallest absolute Gasteiger partial charge is 0.270 e. The van der Waals surface area contributed by atoms with Gasteiger partial charge in [0.15, 0.2) is 0 Å². The summed E-state index contributed by atoms with van der Waals surface area (Å²) in [6, 6.07) is 6.87. The van der Waals surface area contributed by atoms with E-state index in [0.29, 0.717) is 35.8 Å². The van der Waals surface area contributed by atoms with Crippen molar-refractivity contribution in [3.63, 3.8) is 0 Å². The minimum atomic E-state index is -0.428. The van der Waals surface area contributed by atoms with Crippen molar-refractivity contribution in [3.05, 3.63) is 40.3 Å². The number of aromatic nitrogens is 2. The van der Waals surface area contributed by atoms with Crippen molar-refractivity contribution >= 4 is 5.69 Å². The number of benzene rings is 1. The molecule has 0 unspecified atom stereocenters. The topological polar surface area (TPSA) is 94.5 Å². The molecule has 0 spiro atoms. The van der Waals surface area contributed by atoms with Gasteiger partial charge in [0, 0.05) is 36.9 Å². The standard InChI is InChI=1S/C17H20N4O4/c22-21(23)15-3-1-2-13(8-15)17-18-16(25-19-17)10-20(14-4-5-14)9-12-6-7-24-11-12/h1-3,8,12,14H,4-7,9-11H2/t12-/m0/s1. The molecule has 1 aromatic heterocycles. The van der Waals surface area contributed by atoms with E-state index in [0.717, 1.165) is 26.2 Å². The van der Waals surface area contributed by atoms with Crippen molar-refractivity contribution in [3.8, 4) is 11.4 Å². The van der Waals surface area contributed by atoms with E-state index in [1.165, 1.54) is 25.0 Å². The number of non-ortho nitro benzene ring substituents is 1. The van der Waals surface area contributed by atoms with Gasteiger partial charge in [-0.15, -0.1) is 0 Å². The van der Waals surface area contributed by atoms with Crippen molar-refractivity contribution in [2.75, 3.05) is 19.8 Å². The Morgan fingerprint density at radius 2 is 2.20 bits per heavy atom. The molecule has 1 aromatic carbocycles. The fourth-order valence-electron chi connectivity index (χ4n) is 3.21. The van der Waals surface area contributed by atoms with Crippen LogP contribution in [0.1, 0.15) is 25.2 Å². The summed E-state index contributed by atoms with van der Waals surface area (Å²) in [5, 5.41) is 14.9. The lowest BCUT2D eigenvalue weighted by Crippen LogP contribution is -2.31. The molecule has 0 radical (unpaired) electrons. The van der Waals surface area contributed by atoms with E-state index in [2.05, 4.69) is 15.0 Å². The van der Waals surface area contributed by atoms with Gasteiger partial charge in [0.2, 0.25) is 11.7 Å². The van der Waals surface area contributed by atoms with E-state index >= 15 is 0 Å². The van der Waals surface area contributed by atoms with Crippen molar-refractivity contribution in [2.45, 2.75) is 31.8 Å². The monoisotopic (exact) mass is 344 g/mol. The lowest BCUT2D eigenvalue weighted by molar-refractivity contribution is -0.384. The third-order valence-corrected chi connectivity index (χ3v) is 4.70. The lowest BCUT2D eigenvalue weighted by Gasteiger charge is -2.22. The Labute approximate surface area is 144 Å². The maximum atomic E-state index is 10.9. The molecule has 0 amide bonds. The van der Waals surface area contributed by atoms with Gasteiger partial charge in [-0.2, -0.15) is 4.98 Å². The average molecular weight is 344 g/mol. The molecule has 1 aliphatic heterocycles. The van der Waals surface area contributed by atoms with Crippen LogP contribution in [0.15, 0.2) is 28.8 Å². The number of ether oxygens (including phenoxy) is 1. The number of hydrogen-bond acceptors (Lipinski definition) is 7. The van der Waals surface area contributed by atoms with Gasteiger partial charge in [0.05, 0.1) is 18.1 Å². The Kier molecular flexibility index (Phi) is 4.46. The van der Waals surface area contributed by atoms with Crippen LogP contribution in [-0.4, -0.2) is 45.8 Å².